The Morgan fingerprint density at radius 3 is 2.40 bits per heavy atom. The summed E-state index contributed by atoms with van der Waals surface area (Å²) in [4.78, 5) is 0. The lowest BCUT2D eigenvalue weighted by atomic mass is 10.1. The van der Waals surface area contributed by atoms with Gasteiger partial charge in [0.15, 0.2) is 0 Å². The maximum Gasteiger partial charge on any atom is 0.0924 e. The van der Waals surface area contributed by atoms with Gasteiger partial charge < -0.3 is 4.74 Å². The first kappa shape index (κ1) is 11.3. The van der Waals surface area contributed by atoms with Crippen LogP contribution in [0.3, 0.4) is 0 Å². The van der Waals surface area contributed by atoms with Gasteiger partial charge in [-0.15, -0.1) is 0 Å². The highest BCUT2D eigenvalue weighted by Gasteiger charge is 1.93. The van der Waals surface area contributed by atoms with Crippen LogP contribution in [0.25, 0.3) is 5.57 Å². The molecule has 0 atom stereocenters. The minimum Gasteiger partial charge on any atom is -0.501 e. The third kappa shape index (κ3) is 3.47. The Morgan fingerprint density at radius 2 is 1.87 bits per heavy atom. The molecule has 0 radical (unpaired) electrons. The molecule has 0 spiro atoms. The van der Waals surface area contributed by atoms with Crippen LogP contribution < -0.4 is 0 Å². The van der Waals surface area contributed by atoms with Gasteiger partial charge in [0.1, 0.15) is 0 Å². The summed E-state index contributed by atoms with van der Waals surface area (Å²) in [5.74, 6) is 0.880. The quantitative estimate of drug-likeness (QED) is 0.530. The first-order chi connectivity index (χ1) is 7.27. The largest absolute Gasteiger partial charge is 0.501 e. The lowest BCUT2D eigenvalue weighted by Gasteiger charge is -2.01. The zero-order chi connectivity index (χ0) is 11.1. The molecule has 78 valence electrons. The Morgan fingerprint density at radius 1 is 1.20 bits per heavy atom. The third-order valence-electron chi connectivity index (χ3n) is 2.15. The maximum absolute atomic E-state index is 5.06. The molecule has 0 amide bonds. The molecule has 0 saturated carbocycles. The van der Waals surface area contributed by atoms with Crippen molar-refractivity contribution in [1.29, 1.82) is 0 Å². The summed E-state index contributed by atoms with van der Waals surface area (Å²) in [5, 5.41) is 0. The lowest BCUT2D eigenvalue weighted by molar-refractivity contribution is 0.294. The van der Waals surface area contributed by atoms with E-state index in [1.165, 1.54) is 0 Å². The highest BCUT2D eigenvalue weighted by atomic mass is 16.5. The van der Waals surface area contributed by atoms with Crippen molar-refractivity contribution in [3.8, 4) is 0 Å². The van der Waals surface area contributed by atoms with Crippen LogP contribution in [-0.4, -0.2) is 7.11 Å². The van der Waals surface area contributed by atoms with E-state index in [1.54, 1.807) is 7.11 Å². The molecular weight excluding hydrogens is 184 g/mol. The second-order valence-corrected chi connectivity index (χ2v) is 3.17. The average molecular weight is 200 g/mol. The van der Waals surface area contributed by atoms with Crippen LogP contribution in [-0.2, 0) is 4.74 Å². The Balaban J connectivity index is 2.95. The van der Waals surface area contributed by atoms with Gasteiger partial charge in [-0.05, 0) is 24.1 Å². The normalized spacial score (nSPS) is 12.4. The highest BCUT2D eigenvalue weighted by molar-refractivity contribution is 5.74. The first-order valence-electron chi connectivity index (χ1n) is 4.88. The van der Waals surface area contributed by atoms with Crippen LogP contribution in [0.1, 0.15) is 12.5 Å². The zero-order valence-corrected chi connectivity index (χ0v) is 9.23. The van der Waals surface area contributed by atoms with E-state index in [0.29, 0.717) is 0 Å². The zero-order valence-electron chi connectivity index (χ0n) is 9.23. The van der Waals surface area contributed by atoms with Gasteiger partial charge in [-0.2, -0.15) is 0 Å². The summed E-state index contributed by atoms with van der Waals surface area (Å²) >= 11 is 0. The molecule has 0 aromatic heterocycles. The average Bonchev–Trinajstić information content (AvgIpc) is 2.31. The van der Waals surface area contributed by atoms with Crippen LogP contribution >= 0.6 is 0 Å². The van der Waals surface area contributed by atoms with Crippen molar-refractivity contribution in [3.63, 3.8) is 0 Å². The van der Waals surface area contributed by atoms with E-state index >= 15 is 0 Å². The molecule has 0 aliphatic carbocycles. The molecule has 0 aliphatic heterocycles. The van der Waals surface area contributed by atoms with E-state index in [9.17, 15) is 0 Å². The van der Waals surface area contributed by atoms with E-state index in [2.05, 4.69) is 18.7 Å². The van der Waals surface area contributed by atoms with E-state index in [-0.39, 0.29) is 0 Å². The standard InChI is InChI=1S/C14H16O/c1-4-13(11-10-12(2)15-3)14-8-6-5-7-9-14/h4-11H,1H2,2-3H3/b12-10+,13-11+. The fourth-order valence-electron chi connectivity index (χ4n) is 1.19. The number of ether oxygens (including phenoxy) is 1. The van der Waals surface area contributed by atoms with Gasteiger partial charge in [0.25, 0.3) is 0 Å². The maximum atomic E-state index is 5.06. The van der Waals surface area contributed by atoms with Crippen molar-refractivity contribution in [2.24, 2.45) is 0 Å². The minimum absolute atomic E-state index is 0.880. The molecule has 0 saturated heterocycles. The van der Waals surface area contributed by atoms with E-state index in [4.69, 9.17) is 4.74 Å². The molecule has 1 rings (SSSR count). The summed E-state index contributed by atoms with van der Waals surface area (Å²) in [5.41, 5.74) is 2.25. The van der Waals surface area contributed by atoms with Gasteiger partial charge in [0, 0.05) is 0 Å². The van der Waals surface area contributed by atoms with E-state index in [0.717, 1.165) is 16.9 Å². The van der Waals surface area contributed by atoms with Crippen LogP contribution in [0.15, 0.2) is 60.9 Å². The molecule has 0 aliphatic rings. The lowest BCUT2D eigenvalue weighted by Crippen LogP contribution is -1.80. The van der Waals surface area contributed by atoms with Gasteiger partial charge >= 0.3 is 0 Å². The number of methoxy groups -OCH3 is 1. The SMILES string of the molecule is C=C/C(=C\C=C(/C)OC)c1ccccc1. The second kappa shape index (κ2) is 5.86. The summed E-state index contributed by atoms with van der Waals surface area (Å²) in [6.45, 7) is 5.72. The molecule has 1 aromatic carbocycles. The van der Waals surface area contributed by atoms with Gasteiger partial charge in [0.05, 0.1) is 12.9 Å². The minimum atomic E-state index is 0.880. The van der Waals surface area contributed by atoms with Crippen molar-refractivity contribution < 1.29 is 4.74 Å². The Bertz CT molecular complexity index is 372. The molecule has 0 unspecified atom stereocenters. The Kier molecular flexibility index (Phi) is 4.42. The van der Waals surface area contributed by atoms with Crippen molar-refractivity contribution in [3.05, 3.63) is 66.5 Å². The van der Waals surface area contributed by atoms with E-state index < -0.39 is 0 Å². The highest BCUT2D eigenvalue weighted by Crippen LogP contribution is 2.15. The fourth-order valence-corrected chi connectivity index (χ4v) is 1.19. The number of benzene rings is 1. The predicted molar refractivity (Wildman–Crippen MR) is 65.4 cm³/mol. The summed E-state index contributed by atoms with van der Waals surface area (Å²) < 4.78 is 5.06. The molecule has 0 N–H and O–H groups in total. The van der Waals surface area contributed by atoms with Gasteiger partial charge in [0.2, 0.25) is 0 Å². The van der Waals surface area contributed by atoms with Gasteiger partial charge in [-0.3, -0.25) is 0 Å². The van der Waals surface area contributed by atoms with Gasteiger partial charge in [-0.25, -0.2) is 0 Å². The van der Waals surface area contributed by atoms with Crippen LogP contribution in [0, 0.1) is 0 Å². The smallest absolute Gasteiger partial charge is 0.0924 e. The van der Waals surface area contributed by atoms with Crippen molar-refractivity contribution in [2.75, 3.05) is 7.11 Å². The topological polar surface area (TPSA) is 9.23 Å². The number of hydrogen-bond acceptors (Lipinski definition) is 1. The van der Waals surface area contributed by atoms with Crippen molar-refractivity contribution >= 4 is 5.57 Å². The monoisotopic (exact) mass is 200 g/mol. The fraction of sp³-hybridized carbons (Fsp3) is 0.143. The Labute approximate surface area is 91.4 Å². The summed E-state index contributed by atoms with van der Waals surface area (Å²) in [6, 6.07) is 10.1. The predicted octanol–water partition coefficient (Wildman–Crippen LogP) is 3.81. The second-order valence-electron chi connectivity index (χ2n) is 3.17. The molecule has 0 bridgehead atoms. The first-order valence-corrected chi connectivity index (χ1v) is 4.88. The molecule has 15 heavy (non-hydrogen) atoms. The van der Waals surface area contributed by atoms with Crippen LogP contribution in [0.4, 0.5) is 0 Å². The summed E-state index contributed by atoms with van der Waals surface area (Å²) in [6.07, 6.45) is 5.78. The molecule has 0 fully saturated rings. The summed E-state index contributed by atoms with van der Waals surface area (Å²) in [7, 11) is 1.66. The molecule has 1 nitrogen and oxygen atoms in total. The van der Waals surface area contributed by atoms with Crippen molar-refractivity contribution in [1.82, 2.24) is 0 Å². The number of rotatable bonds is 4. The molecule has 1 heteroatoms. The molecular formula is C14H16O. The van der Waals surface area contributed by atoms with Crippen LogP contribution in [0.5, 0.6) is 0 Å². The molecule has 0 heterocycles. The molecule has 1 aromatic rings. The number of allylic oxidation sites excluding steroid dienone is 5. The van der Waals surface area contributed by atoms with Gasteiger partial charge in [-0.1, -0.05) is 49.1 Å². The third-order valence-corrected chi connectivity index (χ3v) is 2.15. The van der Waals surface area contributed by atoms with E-state index in [1.807, 2.05) is 43.4 Å². The van der Waals surface area contributed by atoms with Crippen molar-refractivity contribution in [2.45, 2.75) is 6.92 Å². The van der Waals surface area contributed by atoms with Crippen LogP contribution in [0.2, 0.25) is 0 Å². The Hall–Kier alpha value is -1.76. The number of hydrogen-bond donors (Lipinski definition) is 0.